The molecule has 2 aromatic carbocycles. The van der Waals surface area contributed by atoms with Crippen molar-refractivity contribution >= 4 is 28.9 Å². The number of nitro groups is 1. The second kappa shape index (κ2) is 10.1. The molecule has 0 aromatic heterocycles. The summed E-state index contributed by atoms with van der Waals surface area (Å²) in [6.45, 7) is 4.50. The van der Waals surface area contributed by atoms with Crippen LogP contribution in [0.5, 0.6) is 0 Å². The topological polar surface area (TPSA) is 108 Å². The van der Waals surface area contributed by atoms with Crippen molar-refractivity contribution in [3.05, 3.63) is 64.0 Å². The zero-order valence-corrected chi connectivity index (χ0v) is 17.1. The third-order valence-electron chi connectivity index (χ3n) is 5.02. The van der Waals surface area contributed by atoms with Gasteiger partial charge < -0.3 is 10.6 Å². The van der Waals surface area contributed by atoms with Crippen LogP contribution >= 0.6 is 0 Å². The van der Waals surface area contributed by atoms with Gasteiger partial charge in [-0.1, -0.05) is 6.07 Å². The highest BCUT2D eigenvalue weighted by Gasteiger charge is 2.21. The van der Waals surface area contributed by atoms with Crippen LogP contribution < -0.4 is 10.6 Å². The van der Waals surface area contributed by atoms with Crippen molar-refractivity contribution in [3.63, 3.8) is 0 Å². The number of hydrogen-bond acceptors (Lipinski definition) is 6. The first kappa shape index (κ1) is 22.3. The van der Waals surface area contributed by atoms with Gasteiger partial charge in [-0.3, -0.25) is 29.5 Å². The quantitative estimate of drug-likeness (QED) is 0.516. The standard InChI is InChI=1S/C21H24FN5O4/c1-15-2-5-18(12-19(15)27(30)31)24-21(29)14-26-10-8-25(9-11-26)13-20(28)23-17-6-3-16(22)4-7-17/h2-7,12H,8-11,13-14H2,1H3,(H,23,28)(H,24,29). The van der Waals surface area contributed by atoms with Gasteiger partial charge >= 0.3 is 0 Å². The number of nitrogens with zero attached hydrogens (tertiary/aromatic N) is 3. The summed E-state index contributed by atoms with van der Waals surface area (Å²) in [7, 11) is 0. The lowest BCUT2D eigenvalue weighted by Crippen LogP contribution is -2.50. The van der Waals surface area contributed by atoms with Gasteiger partial charge in [0.1, 0.15) is 5.82 Å². The first-order chi connectivity index (χ1) is 14.8. The number of anilines is 2. The summed E-state index contributed by atoms with van der Waals surface area (Å²) < 4.78 is 12.9. The van der Waals surface area contributed by atoms with Crippen LogP contribution in [0.1, 0.15) is 5.56 Å². The number of hydrogen-bond donors (Lipinski definition) is 2. The highest BCUT2D eigenvalue weighted by atomic mass is 19.1. The molecule has 2 aromatic rings. The van der Waals surface area contributed by atoms with Crippen molar-refractivity contribution < 1.29 is 18.9 Å². The van der Waals surface area contributed by atoms with Gasteiger partial charge in [0, 0.05) is 49.2 Å². The van der Waals surface area contributed by atoms with E-state index in [1.54, 1.807) is 19.1 Å². The molecule has 2 N–H and O–H groups in total. The molecule has 0 saturated carbocycles. The normalized spacial score (nSPS) is 14.8. The molecular weight excluding hydrogens is 405 g/mol. The largest absolute Gasteiger partial charge is 0.325 e. The Morgan fingerprint density at radius 2 is 1.42 bits per heavy atom. The molecular formula is C21H24FN5O4. The molecule has 0 bridgehead atoms. The Labute approximate surface area is 179 Å². The van der Waals surface area contributed by atoms with Crippen LogP contribution in [0.4, 0.5) is 21.5 Å². The predicted molar refractivity (Wildman–Crippen MR) is 114 cm³/mol. The smallest absolute Gasteiger partial charge is 0.274 e. The lowest BCUT2D eigenvalue weighted by Gasteiger charge is -2.33. The fraction of sp³-hybridized carbons (Fsp3) is 0.333. The van der Waals surface area contributed by atoms with Gasteiger partial charge in [-0.15, -0.1) is 0 Å². The molecule has 1 aliphatic rings. The maximum atomic E-state index is 12.9. The maximum Gasteiger partial charge on any atom is 0.274 e. The van der Waals surface area contributed by atoms with Crippen molar-refractivity contribution in [1.82, 2.24) is 9.80 Å². The molecule has 10 heteroatoms. The molecule has 164 valence electrons. The molecule has 0 aliphatic carbocycles. The van der Waals surface area contributed by atoms with E-state index in [0.29, 0.717) is 43.1 Å². The van der Waals surface area contributed by atoms with E-state index in [1.807, 2.05) is 9.80 Å². The van der Waals surface area contributed by atoms with Gasteiger partial charge in [0.2, 0.25) is 11.8 Å². The summed E-state index contributed by atoms with van der Waals surface area (Å²) in [5.41, 5.74) is 1.42. The first-order valence-corrected chi connectivity index (χ1v) is 9.85. The number of piperazine rings is 1. The highest BCUT2D eigenvalue weighted by molar-refractivity contribution is 5.93. The van der Waals surface area contributed by atoms with Gasteiger partial charge in [0.25, 0.3) is 5.69 Å². The Hall–Kier alpha value is -3.37. The molecule has 0 unspecified atom stereocenters. The van der Waals surface area contributed by atoms with E-state index < -0.39 is 4.92 Å². The number of halogens is 1. The first-order valence-electron chi connectivity index (χ1n) is 9.85. The third-order valence-corrected chi connectivity index (χ3v) is 5.02. The van der Waals surface area contributed by atoms with Gasteiger partial charge in [-0.25, -0.2) is 4.39 Å². The van der Waals surface area contributed by atoms with Crippen LogP contribution in [0.15, 0.2) is 42.5 Å². The monoisotopic (exact) mass is 429 g/mol. The molecule has 31 heavy (non-hydrogen) atoms. The lowest BCUT2D eigenvalue weighted by molar-refractivity contribution is -0.385. The number of nitro benzene ring substituents is 1. The molecule has 2 amide bonds. The van der Waals surface area contributed by atoms with Crippen LogP contribution in [0.3, 0.4) is 0 Å². The zero-order valence-electron chi connectivity index (χ0n) is 17.1. The molecule has 3 rings (SSSR count). The van der Waals surface area contributed by atoms with Crippen molar-refractivity contribution in [2.24, 2.45) is 0 Å². The molecule has 1 fully saturated rings. The minimum Gasteiger partial charge on any atom is -0.325 e. The fourth-order valence-electron chi connectivity index (χ4n) is 3.33. The van der Waals surface area contributed by atoms with Gasteiger partial charge in [0.05, 0.1) is 18.0 Å². The highest BCUT2D eigenvalue weighted by Crippen LogP contribution is 2.22. The molecule has 1 saturated heterocycles. The summed E-state index contributed by atoms with van der Waals surface area (Å²) in [6, 6.07) is 10.2. The second-order valence-electron chi connectivity index (χ2n) is 7.41. The molecule has 0 spiro atoms. The third kappa shape index (κ3) is 6.56. The lowest BCUT2D eigenvalue weighted by atomic mass is 10.2. The van der Waals surface area contributed by atoms with Crippen LogP contribution in [0, 0.1) is 22.9 Å². The Morgan fingerprint density at radius 1 is 0.935 bits per heavy atom. The average molecular weight is 429 g/mol. The van der Waals surface area contributed by atoms with Gasteiger partial charge in [-0.05, 0) is 37.3 Å². The maximum absolute atomic E-state index is 12.9. The van der Waals surface area contributed by atoms with Crippen molar-refractivity contribution in [2.75, 3.05) is 49.9 Å². The van der Waals surface area contributed by atoms with E-state index in [1.165, 1.54) is 30.3 Å². The number of benzene rings is 2. The Morgan fingerprint density at radius 3 is 1.94 bits per heavy atom. The Balaban J connectivity index is 1.42. The molecule has 9 nitrogen and oxygen atoms in total. The predicted octanol–water partition coefficient (Wildman–Crippen LogP) is 2.24. The van der Waals surface area contributed by atoms with E-state index >= 15 is 0 Å². The van der Waals surface area contributed by atoms with E-state index in [0.717, 1.165) is 0 Å². The number of amides is 2. The van der Waals surface area contributed by atoms with Crippen LogP contribution in [-0.2, 0) is 9.59 Å². The Kier molecular flexibility index (Phi) is 7.27. The summed E-state index contributed by atoms with van der Waals surface area (Å²) in [4.78, 5) is 39.0. The summed E-state index contributed by atoms with van der Waals surface area (Å²) in [6.07, 6.45) is 0. The number of carbonyl (C=O) groups is 2. The van der Waals surface area contributed by atoms with Crippen molar-refractivity contribution in [2.45, 2.75) is 6.92 Å². The number of rotatable bonds is 7. The van der Waals surface area contributed by atoms with E-state index in [4.69, 9.17) is 0 Å². The minimum atomic E-state index is -0.476. The number of nitrogens with one attached hydrogen (secondary N) is 2. The van der Waals surface area contributed by atoms with Crippen LogP contribution in [0.2, 0.25) is 0 Å². The fourth-order valence-corrected chi connectivity index (χ4v) is 3.33. The van der Waals surface area contributed by atoms with E-state index in [9.17, 15) is 24.1 Å². The summed E-state index contributed by atoms with van der Waals surface area (Å²) in [5, 5.41) is 16.5. The van der Waals surface area contributed by atoms with E-state index in [2.05, 4.69) is 10.6 Å². The SMILES string of the molecule is Cc1ccc(NC(=O)CN2CCN(CC(=O)Nc3ccc(F)cc3)CC2)cc1[N+](=O)[O-]. The number of carbonyl (C=O) groups excluding carboxylic acids is 2. The van der Waals surface area contributed by atoms with Crippen molar-refractivity contribution in [3.8, 4) is 0 Å². The molecule has 0 radical (unpaired) electrons. The van der Waals surface area contributed by atoms with Crippen LogP contribution in [0.25, 0.3) is 0 Å². The zero-order chi connectivity index (χ0) is 22.4. The van der Waals surface area contributed by atoms with Gasteiger partial charge in [-0.2, -0.15) is 0 Å². The molecule has 0 atom stereocenters. The molecule has 1 aliphatic heterocycles. The second-order valence-corrected chi connectivity index (χ2v) is 7.41. The van der Waals surface area contributed by atoms with E-state index in [-0.39, 0.29) is 36.4 Å². The molecule has 1 heterocycles. The van der Waals surface area contributed by atoms with Gasteiger partial charge in [0.15, 0.2) is 0 Å². The minimum absolute atomic E-state index is 0.0367. The summed E-state index contributed by atoms with van der Waals surface area (Å²) in [5.74, 6) is -0.793. The average Bonchev–Trinajstić information content (AvgIpc) is 2.72. The Bertz CT molecular complexity index is 959. The van der Waals surface area contributed by atoms with Crippen molar-refractivity contribution in [1.29, 1.82) is 0 Å². The van der Waals surface area contributed by atoms with Crippen LogP contribution in [-0.4, -0.2) is 65.8 Å². The summed E-state index contributed by atoms with van der Waals surface area (Å²) >= 11 is 0. The number of aryl methyl sites for hydroxylation is 1.